The van der Waals surface area contributed by atoms with Crippen molar-refractivity contribution in [2.24, 2.45) is 0 Å². The molecule has 0 spiro atoms. The first-order valence-electron chi connectivity index (χ1n) is 8.07. The van der Waals surface area contributed by atoms with Crippen molar-refractivity contribution in [1.29, 1.82) is 0 Å². The molecule has 4 rings (SSSR count). The zero-order chi connectivity index (χ0) is 17.9. The molecule has 128 valence electrons. The van der Waals surface area contributed by atoms with Gasteiger partial charge in [0.2, 0.25) is 0 Å². The minimum absolute atomic E-state index is 0.107. The summed E-state index contributed by atoms with van der Waals surface area (Å²) in [6, 6.07) is 16.9. The molecule has 4 aromatic rings. The first-order valence-corrected chi connectivity index (χ1v) is 8.95. The van der Waals surface area contributed by atoms with E-state index >= 15 is 0 Å². The molecular formula is C20H15N3O2S. The van der Waals surface area contributed by atoms with Crippen molar-refractivity contribution in [3.05, 3.63) is 76.7 Å². The number of carbonyl (C=O) groups is 1. The van der Waals surface area contributed by atoms with Crippen LogP contribution in [0.25, 0.3) is 22.2 Å². The van der Waals surface area contributed by atoms with E-state index in [4.69, 9.17) is 0 Å². The monoisotopic (exact) mass is 361 g/mol. The van der Waals surface area contributed by atoms with Crippen LogP contribution in [0.15, 0.2) is 66.2 Å². The highest BCUT2D eigenvalue weighted by Gasteiger charge is 2.15. The number of nitrogens with one attached hydrogen (secondary N) is 1. The number of hydrogen-bond donors (Lipinski definition) is 2. The predicted octanol–water partition coefficient (Wildman–Crippen LogP) is 3.99. The van der Waals surface area contributed by atoms with Gasteiger partial charge in [0.25, 0.3) is 5.91 Å². The van der Waals surface area contributed by atoms with Gasteiger partial charge in [0, 0.05) is 22.5 Å². The van der Waals surface area contributed by atoms with Crippen LogP contribution in [0.5, 0.6) is 5.75 Å². The third-order valence-electron chi connectivity index (χ3n) is 4.01. The van der Waals surface area contributed by atoms with E-state index in [9.17, 15) is 9.90 Å². The Labute approximate surface area is 154 Å². The fourth-order valence-corrected chi connectivity index (χ4v) is 3.44. The maximum atomic E-state index is 12.4. The average molecular weight is 361 g/mol. The van der Waals surface area contributed by atoms with E-state index < -0.39 is 0 Å². The molecule has 0 atom stereocenters. The van der Waals surface area contributed by atoms with Crippen LogP contribution in [0.3, 0.4) is 0 Å². The molecule has 0 fully saturated rings. The molecule has 2 aromatic carbocycles. The summed E-state index contributed by atoms with van der Waals surface area (Å²) in [5.74, 6) is -0.462. The number of amides is 1. The van der Waals surface area contributed by atoms with Gasteiger partial charge in [-0.3, -0.25) is 9.78 Å². The minimum atomic E-state index is -0.355. The molecule has 0 radical (unpaired) electrons. The van der Waals surface area contributed by atoms with Crippen molar-refractivity contribution in [1.82, 2.24) is 15.3 Å². The molecule has 0 bridgehead atoms. The first kappa shape index (κ1) is 16.2. The fourth-order valence-electron chi connectivity index (χ4n) is 2.70. The summed E-state index contributed by atoms with van der Waals surface area (Å²) < 4.78 is 0. The van der Waals surface area contributed by atoms with Crippen molar-refractivity contribution in [3.8, 4) is 17.0 Å². The molecule has 0 aliphatic carbocycles. The molecule has 6 heteroatoms. The Bertz CT molecular complexity index is 1080. The second kappa shape index (κ2) is 6.93. The Hall–Kier alpha value is -3.25. The number of thiazole rings is 1. The number of aromatic hydroxyl groups is 1. The summed E-state index contributed by atoms with van der Waals surface area (Å²) in [6.07, 6.45) is 1.59. The third-order valence-corrected chi connectivity index (χ3v) is 4.86. The minimum Gasteiger partial charge on any atom is -0.505 e. The smallest absolute Gasteiger partial charge is 0.255 e. The number of aromatic nitrogens is 2. The van der Waals surface area contributed by atoms with E-state index in [0.717, 1.165) is 21.7 Å². The van der Waals surface area contributed by atoms with Crippen LogP contribution in [-0.4, -0.2) is 21.0 Å². The summed E-state index contributed by atoms with van der Waals surface area (Å²) in [5.41, 5.74) is 2.55. The standard InChI is InChI=1S/C20H15N3O2S/c24-19-15(9-8-14-7-4-10-21-18(14)19)20(25)22-11-17-23-16(12-26-17)13-5-2-1-3-6-13/h1-10,12,24H,11H2,(H,22,25). The molecule has 0 saturated heterocycles. The molecule has 2 heterocycles. The normalized spacial score (nSPS) is 10.8. The summed E-state index contributed by atoms with van der Waals surface area (Å²) in [7, 11) is 0. The lowest BCUT2D eigenvalue weighted by molar-refractivity contribution is 0.0948. The van der Waals surface area contributed by atoms with E-state index in [1.807, 2.05) is 41.8 Å². The SMILES string of the molecule is O=C(NCc1nc(-c2ccccc2)cs1)c1ccc2cccnc2c1O. The highest BCUT2D eigenvalue weighted by Crippen LogP contribution is 2.27. The molecule has 1 amide bonds. The average Bonchev–Trinajstić information content (AvgIpc) is 3.16. The highest BCUT2D eigenvalue weighted by atomic mass is 32.1. The van der Waals surface area contributed by atoms with E-state index in [1.54, 1.807) is 24.4 Å². The lowest BCUT2D eigenvalue weighted by Gasteiger charge is -2.07. The van der Waals surface area contributed by atoms with Crippen molar-refractivity contribution < 1.29 is 9.90 Å². The molecule has 2 aromatic heterocycles. The number of fused-ring (bicyclic) bond motifs is 1. The maximum absolute atomic E-state index is 12.4. The van der Waals surface area contributed by atoms with Crippen molar-refractivity contribution in [3.63, 3.8) is 0 Å². The Balaban J connectivity index is 1.49. The van der Waals surface area contributed by atoms with Crippen LogP contribution in [-0.2, 0) is 6.54 Å². The van der Waals surface area contributed by atoms with Crippen LogP contribution in [0.1, 0.15) is 15.4 Å². The summed E-state index contributed by atoms with van der Waals surface area (Å²) in [5, 5.41) is 16.7. The number of carbonyl (C=O) groups excluding carboxylic acids is 1. The van der Waals surface area contributed by atoms with Gasteiger partial charge in [-0.05, 0) is 12.1 Å². The van der Waals surface area contributed by atoms with E-state index in [1.165, 1.54) is 11.3 Å². The van der Waals surface area contributed by atoms with Gasteiger partial charge in [-0.1, -0.05) is 42.5 Å². The zero-order valence-corrected chi connectivity index (χ0v) is 14.5. The number of hydrogen-bond acceptors (Lipinski definition) is 5. The van der Waals surface area contributed by atoms with Gasteiger partial charge in [-0.25, -0.2) is 4.98 Å². The van der Waals surface area contributed by atoms with Crippen molar-refractivity contribution in [2.45, 2.75) is 6.54 Å². The van der Waals surface area contributed by atoms with Gasteiger partial charge in [-0.2, -0.15) is 0 Å². The van der Waals surface area contributed by atoms with Crippen LogP contribution in [0.2, 0.25) is 0 Å². The number of benzene rings is 2. The van der Waals surface area contributed by atoms with Crippen LogP contribution < -0.4 is 5.32 Å². The Kier molecular flexibility index (Phi) is 4.33. The Morgan fingerprint density at radius 2 is 1.92 bits per heavy atom. The number of nitrogens with zero attached hydrogens (tertiary/aromatic N) is 2. The molecule has 0 aliphatic rings. The molecule has 0 saturated carbocycles. The van der Waals surface area contributed by atoms with Crippen molar-refractivity contribution >= 4 is 28.1 Å². The predicted molar refractivity (Wildman–Crippen MR) is 102 cm³/mol. The Morgan fingerprint density at radius 1 is 1.08 bits per heavy atom. The van der Waals surface area contributed by atoms with Crippen LogP contribution in [0, 0.1) is 0 Å². The zero-order valence-electron chi connectivity index (χ0n) is 13.7. The molecule has 2 N–H and O–H groups in total. The van der Waals surface area contributed by atoms with E-state index in [0.29, 0.717) is 12.1 Å². The van der Waals surface area contributed by atoms with Gasteiger partial charge < -0.3 is 10.4 Å². The molecule has 26 heavy (non-hydrogen) atoms. The fraction of sp³-hybridized carbons (Fsp3) is 0.0500. The van der Waals surface area contributed by atoms with Crippen LogP contribution >= 0.6 is 11.3 Å². The Morgan fingerprint density at radius 3 is 2.77 bits per heavy atom. The lowest BCUT2D eigenvalue weighted by Crippen LogP contribution is -2.22. The van der Waals surface area contributed by atoms with Gasteiger partial charge in [0.15, 0.2) is 5.75 Å². The number of pyridine rings is 1. The molecule has 0 unspecified atom stereocenters. The highest BCUT2D eigenvalue weighted by molar-refractivity contribution is 7.09. The number of phenols is 1. The first-order chi connectivity index (χ1) is 12.7. The second-order valence-corrected chi connectivity index (χ2v) is 6.65. The molecule has 5 nitrogen and oxygen atoms in total. The van der Waals surface area contributed by atoms with E-state index in [-0.39, 0.29) is 17.2 Å². The summed E-state index contributed by atoms with van der Waals surface area (Å²) >= 11 is 1.49. The van der Waals surface area contributed by atoms with Gasteiger partial charge in [0.1, 0.15) is 10.5 Å². The lowest BCUT2D eigenvalue weighted by atomic mass is 10.1. The third kappa shape index (κ3) is 3.14. The molecule has 0 aliphatic heterocycles. The summed E-state index contributed by atoms with van der Waals surface area (Å²) in [6.45, 7) is 0.302. The van der Waals surface area contributed by atoms with Gasteiger partial charge in [-0.15, -0.1) is 11.3 Å². The molecular weight excluding hydrogens is 346 g/mol. The summed E-state index contributed by atoms with van der Waals surface area (Å²) in [4.78, 5) is 21.1. The van der Waals surface area contributed by atoms with E-state index in [2.05, 4.69) is 15.3 Å². The second-order valence-electron chi connectivity index (χ2n) is 5.71. The quantitative estimate of drug-likeness (QED) is 0.576. The maximum Gasteiger partial charge on any atom is 0.255 e. The van der Waals surface area contributed by atoms with Gasteiger partial charge >= 0.3 is 0 Å². The number of rotatable bonds is 4. The van der Waals surface area contributed by atoms with Crippen molar-refractivity contribution in [2.75, 3.05) is 0 Å². The largest absolute Gasteiger partial charge is 0.505 e. The topological polar surface area (TPSA) is 75.1 Å². The van der Waals surface area contributed by atoms with Gasteiger partial charge in [0.05, 0.1) is 17.8 Å². The number of phenolic OH excluding ortho intramolecular Hbond substituents is 1. The van der Waals surface area contributed by atoms with Crippen LogP contribution in [0.4, 0.5) is 0 Å².